The van der Waals surface area contributed by atoms with Crippen molar-refractivity contribution in [3.63, 3.8) is 0 Å². The zero-order valence-corrected chi connectivity index (χ0v) is 15.1. The highest BCUT2D eigenvalue weighted by Gasteiger charge is 2.39. The van der Waals surface area contributed by atoms with E-state index in [-0.39, 0.29) is 30.7 Å². The fourth-order valence-electron chi connectivity index (χ4n) is 4.16. The quantitative estimate of drug-likeness (QED) is 0.818. The maximum Gasteiger partial charge on any atom is 0.305 e. The van der Waals surface area contributed by atoms with Crippen LogP contribution in [0.4, 0.5) is 0 Å². The van der Waals surface area contributed by atoms with Crippen LogP contribution in [0.5, 0.6) is 0 Å². The molecule has 0 aromatic heterocycles. The number of benzene rings is 1. The van der Waals surface area contributed by atoms with Crippen molar-refractivity contribution in [2.75, 3.05) is 6.54 Å². The Morgan fingerprint density at radius 2 is 1.96 bits per heavy atom. The summed E-state index contributed by atoms with van der Waals surface area (Å²) in [6, 6.07) is 7.14. The van der Waals surface area contributed by atoms with E-state index < -0.39 is 17.9 Å². The molecule has 1 aromatic rings. The number of carbonyl (C=O) groups excluding carboxylic acids is 2. The zero-order valence-electron chi connectivity index (χ0n) is 15.1. The van der Waals surface area contributed by atoms with Crippen molar-refractivity contribution in [2.24, 2.45) is 5.92 Å². The summed E-state index contributed by atoms with van der Waals surface area (Å²) in [4.78, 5) is 38.2. The third-order valence-electron chi connectivity index (χ3n) is 5.55. The lowest BCUT2D eigenvalue weighted by atomic mass is 9.97. The SMILES string of the molecule is Cc1ccccc1[C@@H](CC(=O)O)NC(=O)[C@H]1CC(=O)N(C2CCCC2)C1. The van der Waals surface area contributed by atoms with Gasteiger partial charge in [0.05, 0.1) is 18.4 Å². The van der Waals surface area contributed by atoms with E-state index in [1.54, 1.807) is 0 Å². The number of hydrogen-bond acceptors (Lipinski definition) is 3. The van der Waals surface area contributed by atoms with E-state index in [1.807, 2.05) is 36.1 Å². The van der Waals surface area contributed by atoms with Crippen molar-refractivity contribution in [1.29, 1.82) is 0 Å². The molecule has 0 spiro atoms. The fourth-order valence-corrected chi connectivity index (χ4v) is 4.16. The molecule has 0 bridgehead atoms. The zero-order chi connectivity index (χ0) is 18.7. The van der Waals surface area contributed by atoms with Crippen LogP contribution in [0.1, 0.15) is 55.7 Å². The van der Waals surface area contributed by atoms with E-state index in [0.29, 0.717) is 6.54 Å². The van der Waals surface area contributed by atoms with Gasteiger partial charge in [0.15, 0.2) is 0 Å². The molecule has 26 heavy (non-hydrogen) atoms. The number of nitrogens with one attached hydrogen (secondary N) is 1. The average Bonchev–Trinajstić information content (AvgIpc) is 3.23. The molecule has 2 fully saturated rings. The highest BCUT2D eigenvalue weighted by molar-refractivity contribution is 5.89. The minimum atomic E-state index is -0.964. The molecule has 1 saturated heterocycles. The summed E-state index contributed by atoms with van der Waals surface area (Å²) < 4.78 is 0. The second kappa shape index (κ2) is 7.89. The van der Waals surface area contributed by atoms with Crippen LogP contribution in [0, 0.1) is 12.8 Å². The van der Waals surface area contributed by atoms with Crippen LogP contribution in [0.15, 0.2) is 24.3 Å². The van der Waals surface area contributed by atoms with Gasteiger partial charge in [0, 0.05) is 19.0 Å². The highest BCUT2D eigenvalue weighted by atomic mass is 16.4. The van der Waals surface area contributed by atoms with Gasteiger partial charge in [-0.1, -0.05) is 37.1 Å². The van der Waals surface area contributed by atoms with Gasteiger partial charge in [-0.05, 0) is 30.9 Å². The first kappa shape index (κ1) is 18.4. The smallest absolute Gasteiger partial charge is 0.305 e. The minimum Gasteiger partial charge on any atom is -0.481 e. The molecule has 6 heteroatoms. The molecular formula is C20H26N2O4. The van der Waals surface area contributed by atoms with Crippen LogP contribution in [0.2, 0.25) is 0 Å². The Hall–Kier alpha value is -2.37. The molecule has 1 saturated carbocycles. The van der Waals surface area contributed by atoms with Gasteiger partial charge >= 0.3 is 5.97 Å². The Morgan fingerprint density at radius 1 is 1.27 bits per heavy atom. The predicted octanol–water partition coefficient (Wildman–Crippen LogP) is 2.42. The molecule has 2 amide bonds. The fraction of sp³-hybridized carbons (Fsp3) is 0.550. The molecule has 3 rings (SSSR count). The molecular weight excluding hydrogens is 332 g/mol. The molecule has 2 atom stereocenters. The van der Waals surface area contributed by atoms with E-state index in [1.165, 1.54) is 0 Å². The summed E-state index contributed by atoms with van der Waals surface area (Å²) in [5, 5.41) is 12.1. The van der Waals surface area contributed by atoms with E-state index >= 15 is 0 Å². The van der Waals surface area contributed by atoms with Crippen molar-refractivity contribution < 1.29 is 19.5 Å². The Balaban J connectivity index is 1.69. The first-order valence-corrected chi connectivity index (χ1v) is 9.33. The normalized spacial score (nSPS) is 21.8. The molecule has 0 unspecified atom stereocenters. The summed E-state index contributed by atoms with van der Waals surface area (Å²) in [5.74, 6) is -1.55. The van der Waals surface area contributed by atoms with Crippen LogP contribution in [-0.4, -0.2) is 40.4 Å². The lowest BCUT2D eigenvalue weighted by molar-refractivity contribution is -0.138. The van der Waals surface area contributed by atoms with Crippen LogP contribution in [0.25, 0.3) is 0 Å². The van der Waals surface area contributed by atoms with E-state index in [9.17, 15) is 19.5 Å². The number of aliphatic carboxylic acids is 1. The Bertz CT molecular complexity index is 697. The predicted molar refractivity (Wildman–Crippen MR) is 96.4 cm³/mol. The molecule has 140 valence electrons. The summed E-state index contributed by atoms with van der Waals surface area (Å²) in [6.07, 6.45) is 4.36. The van der Waals surface area contributed by atoms with Gasteiger partial charge in [-0.25, -0.2) is 0 Å². The largest absolute Gasteiger partial charge is 0.481 e. The number of nitrogens with zero attached hydrogens (tertiary/aromatic N) is 1. The van der Waals surface area contributed by atoms with Crippen molar-refractivity contribution >= 4 is 17.8 Å². The van der Waals surface area contributed by atoms with Crippen LogP contribution < -0.4 is 5.32 Å². The van der Waals surface area contributed by atoms with Gasteiger partial charge in [-0.15, -0.1) is 0 Å². The van der Waals surface area contributed by atoms with E-state index in [4.69, 9.17) is 0 Å². The monoisotopic (exact) mass is 358 g/mol. The third kappa shape index (κ3) is 4.06. The Labute approximate surface area is 153 Å². The number of hydrogen-bond donors (Lipinski definition) is 2. The minimum absolute atomic E-state index is 0.0442. The van der Waals surface area contributed by atoms with Crippen molar-refractivity contribution in [1.82, 2.24) is 10.2 Å². The Morgan fingerprint density at radius 3 is 2.62 bits per heavy atom. The summed E-state index contributed by atoms with van der Waals surface area (Å²) >= 11 is 0. The van der Waals surface area contributed by atoms with Gasteiger partial charge in [-0.2, -0.15) is 0 Å². The van der Waals surface area contributed by atoms with Crippen molar-refractivity contribution in [2.45, 2.75) is 57.5 Å². The number of carboxylic acid groups (broad SMARTS) is 1. The second-order valence-electron chi connectivity index (χ2n) is 7.40. The van der Waals surface area contributed by atoms with Crippen LogP contribution in [0.3, 0.4) is 0 Å². The molecule has 2 N–H and O–H groups in total. The number of carboxylic acids is 1. The number of amides is 2. The average molecular weight is 358 g/mol. The summed E-state index contributed by atoms with van der Waals surface area (Å²) in [6.45, 7) is 2.35. The van der Waals surface area contributed by atoms with E-state index in [2.05, 4.69) is 5.32 Å². The Kier molecular flexibility index (Phi) is 5.59. The highest BCUT2D eigenvalue weighted by Crippen LogP contribution is 2.30. The van der Waals surface area contributed by atoms with Gasteiger partial charge < -0.3 is 15.3 Å². The first-order chi connectivity index (χ1) is 12.5. The molecule has 0 radical (unpaired) electrons. The topological polar surface area (TPSA) is 86.7 Å². The van der Waals surface area contributed by atoms with Gasteiger partial charge in [0.1, 0.15) is 0 Å². The van der Waals surface area contributed by atoms with Crippen LogP contribution in [-0.2, 0) is 14.4 Å². The molecule has 2 aliphatic rings. The standard InChI is InChI=1S/C20H26N2O4/c1-13-6-2-5-9-16(13)17(11-19(24)25)21-20(26)14-10-18(23)22(12-14)15-7-3-4-8-15/h2,5-6,9,14-15,17H,3-4,7-8,10-12H2,1H3,(H,21,26)(H,24,25)/t14-,17+/m0/s1. The summed E-state index contributed by atoms with van der Waals surface area (Å²) in [5.41, 5.74) is 1.74. The van der Waals surface area contributed by atoms with E-state index in [0.717, 1.165) is 36.8 Å². The van der Waals surface area contributed by atoms with Crippen molar-refractivity contribution in [3.05, 3.63) is 35.4 Å². The lowest BCUT2D eigenvalue weighted by Gasteiger charge is -2.24. The third-order valence-corrected chi connectivity index (χ3v) is 5.55. The lowest BCUT2D eigenvalue weighted by Crippen LogP contribution is -2.38. The number of carbonyl (C=O) groups is 3. The molecule has 1 aliphatic carbocycles. The van der Waals surface area contributed by atoms with Gasteiger partial charge in [0.25, 0.3) is 0 Å². The number of aryl methyl sites for hydroxylation is 1. The first-order valence-electron chi connectivity index (χ1n) is 9.33. The van der Waals surface area contributed by atoms with Crippen LogP contribution >= 0.6 is 0 Å². The van der Waals surface area contributed by atoms with Gasteiger partial charge in [0.2, 0.25) is 11.8 Å². The summed E-state index contributed by atoms with van der Waals surface area (Å²) in [7, 11) is 0. The molecule has 1 heterocycles. The van der Waals surface area contributed by atoms with Crippen molar-refractivity contribution in [3.8, 4) is 0 Å². The molecule has 6 nitrogen and oxygen atoms in total. The second-order valence-corrected chi connectivity index (χ2v) is 7.40. The maximum atomic E-state index is 12.7. The molecule has 1 aromatic carbocycles. The number of rotatable bonds is 6. The number of likely N-dealkylation sites (tertiary alicyclic amines) is 1. The van der Waals surface area contributed by atoms with Gasteiger partial charge in [-0.3, -0.25) is 14.4 Å². The molecule has 1 aliphatic heterocycles. The maximum absolute atomic E-state index is 12.7.